The van der Waals surface area contributed by atoms with Crippen LogP contribution in [-0.4, -0.2) is 46.9 Å². The Balaban J connectivity index is 1.68. The number of nitrogens with one attached hydrogen (secondary N) is 1. The van der Waals surface area contributed by atoms with Crippen LogP contribution < -0.4 is 0 Å². The Labute approximate surface area is 188 Å². The van der Waals surface area contributed by atoms with Gasteiger partial charge in [-0.1, -0.05) is 18.2 Å². The summed E-state index contributed by atoms with van der Waals surface area (Å²) in [5, 5.41) is 26.5. The molecule has 4 aromatic rings. The lowest BCUT2D eigenvalue weighted by atomic mass is 9.79. The van der Waals surface area contributed by atoms with Crippen molar-refractivity contribution in [2.24, 2.45) is 0 Å². The van der Waals surface area contributed by atoms with E-state index in [0.717, 1.165) is 17.7 Å². The first-order valence-corrected chi connectivity index (χ1v) is 10.4. The van der Waals surface area contributed by atoms with Gasteiger partial charge in [0.05, 0.1) is 18.8 Å². The fourth-order valence-electron chi connectivity index (χ4n) is 3.69. The van der Waals surface area contributed by atoms with Crippen LogP contribution in [0, 0.1) is 11.6 Å². The van der Waals surface area contributed by atoms with E-state index in [4.69, 9.17) is 4.74 Å². The Morgan fingerprint density at radius 2 is 2.09 bits per heavy atom. The van der Waals surface area contributed by atoms with Gasteiger partial charge in [0.2, 0.25) is 0 Å². The van der Waals surface area contributed by atoms with Crippen molar-refractivity contribution in [3.05, 3.63) is 77.8 Å². The van der Waals surface area contributed by atoms with Crippen LogP contribution in [0.2, 0.25) is 0 Å². The molecule has 0 radical (unpaired) electrons. The molecule has 0 aliphatic carbocycles. The minimum atomic E-state index is -1.78. The van der Waals surface area contributed by atoms with E-state index in [-0.39, 0.29) is 12.1 Å². The van der Waals surface area contributed by atoms with E-state index in [9.17, 15) is 13.9 Å². The molecule has 2 atom stereocenters. The number of pyridine rings is 1. The first kappa shape index (κ1) is 22.6. The van der Waals surface area contributed by atoms with Crippen LogP contribution in [0.1, 0.15) is 36.7 Å². The number of aromatic nitrogens is 7. The average Bonchev–Trinajstić information content (AvgIpc) is 3.49. The molecule has 0 saturated heterocycles. The van der Waals surface area contributed by atoms with Crippen LogP contribution in [0.4, 0.5) is 8.78 Å². The first-order chi connectivity index (χ1) is 15.9. The molecule has 0 aliphatic heterocycles. The smallest absolute Gasteiger partial charge is 0.137 e. The van der Waals surface area contributed by atoms with Gasteiger partial charge in [-0.15, -0.1) is 5.10 Å². The lowest BCUT2D eigenvalue weighted by molar-refractivity contribution is -0.0123. The van der Waals surface area contributed by atoms with Gasteiger partial charge in [0, 0.05) is 41.6 Å². The van der Waals surface area contributed by atoms with Crippen molar-refractivity contribution in [2.75, 3.05) is 6.61 Å². The highest BCUT2D eigenvalue weighted by atomic mass is 19.1. The maximum absolute atomic E-state index is 14.8. The summed E-state index contributed by atoms with van der Waals surface area (Å²) in [6.07, 6.45) is 4.35. The Morgan fingerprint density at radius 3 is 2.76 bits per heavy atom. The lowest BCUT2D eigenvalue weighted by Crippen LogP contribution is -2.38. The number of nitrogens with zero attached hydrogens (tertiary/aromatic N) is 6. The van der Waals surface area contributed by atoms with Gasteiger partial charge in [0.25, 0.3) is 0 Å². The molecule has 0 fully saturated rings. The second-order valence-corrected chi connectivity index (χ2v) is 7.61. The molecule has 2 N–H and O–H groups in total. The molecule has 3 heterocycles. The molecule has 3 aromatic heterocycles. The summed E-state index contributed by atoms with van der Waals surface area (Å²) in [6.45, 7) is 4.36. The Bertz CT molecular complexity index is 1200. The molecule has 0 spiro atoms. The molecule has 0 bridgehead atoms. The van der Waals surface area contributed by atoms with Gasteiger partial charge in [0.1, 0.15) is 35.6 Å². The summed E-state index contributed by atoms with van der Waals surface area (Å²) in [5.41, 5.74) is 0.723. The van der Waals surface area contributed by atoms with Crippen LogP contribution in [0.15, 0.2) is 49.2 Å². The number of hydrogen-bond acceptors (Lipinski definition) is 7. The van der Waals surface area contributed by atoms with E-state index in [0.29, 0.717) is 30.3 Å². The van der Waals surface area contributed by atoms with Crippen molar-refractivity contribution in [2.45, 2.75) is 38.5 Å². The molecule has 0 aliphatic rings. The number of ether oxygens (including phenoxy) is 1. The van der Waals surface area contributed by atoms with E-state index in [2.05, 4.69) is 30.5 Å². The van der Waals surface area contributed by atoms with Crippen LogP contribution in [0.25, 0.3) is 11.3 Å². The van der Waals surface area contributed by atoms with E-state index < -0.39 is 23.2 Å². The Kier molecular flexibility index (Phi) is 6.52. The maximum Gasteiger partial charge on any atom is 0.137 e. The molecule has 1 aromatic carbocycles. The third-order valence-corrected chi connectivity index (χ3v) is 5.57. The van der Waals surface area contributed by atoms with Crippen LogP contribution >= 0.6 is 0 Å². The molecule has 9 nitrogen and oxygen atoms in total. The number of halogens is 2. The Hall–Kier alpha value is -3.57. The fraction of sp³-hybridized carbons (Fsp3) is 0.318. The lowest BCUT2D eigenvalue weighted by Gasteiger charge is -2.34. The minimum Gasteiger partial charge on any atom is -0.382 e. The largest absolute Gasteiger partial charge is 0.382 e. The predicted molar refractivity (Wildman–Crippen MR) is 114 cm³/mol. The summed E-state index contributed by atoms with van der Waals surface area (Å²) in [5.74, 6) is -2.27. The second-order valence-electron chi connectivity index (χ2n) is 7.61. The molecular weight excluding hydrogens is 432 g/mol. The van der Waals surface area contributed by atoms with Crippen molar-refractivity contribution >= 4 is 0 Å². The summed E-state index contributed by atoms with van der Waals surface area (Å²) in [4.78, 5) is 8.39. The van der Waals surface area contributed by atoms with Gasteiger partial charge in [-0.3, -0.25) is 10.1 Å². The SMILES string of the molecule is CCOCc1nn[nH]c1-c1ccc([C@@H](C)[C@@](O)(Cn2cncn2)c2ccc(F)cc2F)nc1. The van der Waals surface area contributed by atoms with E-state index in [1.165, 1.54) is 23.4 Å². The minimum absolute atomic E-state index is 0.0606. The molecule has 0 unspecified atom stereocenters. The number of aliphatic hydroxyl groups is 1. The van der Waals surface area contributed by atoms with Gasteiger partial charge in [-0.25, -0.2) is 18.4 Å². The van der Waals surface area contributed by atoms with Gasteiger partial charge in [-0.2, -0.15) is 5.10 Å². The molecule has 33 heavy (non-hydrogen) atoms. The van der Waals surface area contributed by atoms with Gasteiger partial charge in [-0.05, 0) is 25.1 Å². The van der Waals surface area contributed by atoms with Crippen LogP contribution in [0.5, 0.6) is 0 Å². The third-order valence-electron chi connectivity index (χ3n) is 5.57. The highest BCUT2D eigenvalue weighted by Gasteiger charge is 2.40. The van der Waals surface area contributed by atoms with Gasteiger partial charge >= 0.3 is 0 Å². The summed E-state index contributed by atoms with van der Waals surface area (Å²) in [6, 6.07) is 6.64. The highest BCUT2D eigenvalue weighted by Crippen LogP contribution is 2.39. The van der Waals surface area contributed by atoms with Crippen molar-refractivity contribution in [3.63, 3.8) is 0 Å². The summed E-state index contributed by atoms with van der Waals surface area (Å²) < 4.78 is 35.1. The third kappa shape index (κ3) is 4.64. The standard InChI is InChI=1S/C22H23F2N7O2/c1-3-33-10-20-21(29-30-28-20)15-4-7-19(26-9-15)14(2)22(32,11-31-13-25-12-27-31)17-6-5-16(23)8-18(17)24/h4-9,12-14,32H,3,10-11H2,1-2H3,(H,28,29,30)/t14-,22+/m1/s1. The van der Waals surface area contributed by atoms with Crippen molar-refractivity contribution in [3.8, 4) is 11.3 Å². The quantitative estimate of drug-likeness (QED) is 0.399. The summed E-state index contributed by atoms with van der Waals surface area (Å²) in [7, 11) is 0. The van der Waals surface area contributed by atoms with Gasteiger partial charge < -0.3 is 9.84 Å². The maximum atomic E-state index is 14.8. The highest BCUT2D eigenvalue weighted by molar-refractivity contribution is 5.60. The van der Waals surface area contributed by atoms with Crippen molar-refractivity contribution in [1.29, 1.82) is 0 Å². The van der Waals surface area contributed by atoms with Crippen LogP contribution in [-0.2, 0) is 23.5 Å². The van der Waals surface area contributed by atoms with Crippen molar-refractivity contribution < 1.29 is 18.6 Å². The Morgan fingerprint density at radius 1 is 1.24 bits per heavy atom. The second kappa shape index (κ2) is 9.51. The van der Waals surface area contributed by atoms with E-state index in [1.54, 1.807) is 25.3 Å². The van der Waals surface area contributed by atoms with Gasteiger partial charge in [0.15, 0.2) is 0 Å². The molecule has 4 rings (SSSR count). The first-order valence-electron chi connectivity index (χ1n) is 10.4. The summed E-state index contributed by atoms with van der Waals surface area (Å²) >= 11 is 0. The van der Waals surface area contributed by atoms with E-state index in [1.807, 2.05) is 6.92 Å². The van der Waals surface area contributed by atoms with E-state index >= 15 is 0 Å². The normalized spacial score (nSPS) is 14.2. The molecular formula is C22H23F2N7O2. The molecule has 11 heteroatoms. The zero-order chi connectivity index (χ0) is 23.4. The fourth-order valence-corrected chi connectivity index (χ4v) is 3.69. The number of aromatic amines is 1. The zero-order valence-electron chi connectivity index (χ0n) is 18.1. The topological polar surface area (TPSA) is 115 Å². The monoisotopic (exact) mass is 455 g/mol. The molecule has 0 amide bonds. The average molecular weight is 455 g/mol. The number of benzene rings is 1. The van der Waals surface area contributed by atoms with Crippen molar-refractivity contribution in [1.82, 2.24) is 35.2 Å². The molecule has 0 saturated carbocycles. The molecule has 172 valence electrons. The number of hydrogen-bond donors (Lipinski definition) is 2. The number of H-pyrrole nitrogens is 1. The number of rotatable bonds is 9. The zero-order valence-corrected chi connectivity index (χ0v) is 18.1. The van der Waals surface area contributed by atoms with Crippen LogP contribution in [0.3, 0.4) is 0 Å². The predicted octanol–water partition coefficient (Wildman–Crippen LogP) is 2.96.